The van der Waals surface area contributed by atoms with E-state index in [0.717, 1.165) is 35.6 Å². The molecular formula is C18H20BrN3O2. The van der Waals surface area contributed by atoms with Gasteiger partial charge in [0.15, 0.2) is 0 Å². The molecule has 6 heteroatoms. The maximum atomic E-state index is 12.2. The van der Waals surface area contributed by atoms with Crippen molar-refractivity contribution in [2.75, 3.05) is 24.6 Å². The monoisotopic (exact) mass is 389 g/mol. The molecule has 0 aliphatic carbocycles. The number of nitrogens with zero attached hydrogens (tertiary/aromatic N) is 2. The molecule has 3 rings (SSSR count). The summed E-state index contributed by atoms with van der Waals surface area (Å²) in [6, 6.07) is 11.4. The third-order valence-electron chi connectivity index (χ3n) is 3.95. The van der Waals surface area contributed by atoms with Crippen molar-refractivity contribution in [3.63, 3.8) is 0 Å². The van der Waals surface area contributed by atoms with Gasteiger partial charge in [-0.3, -0.25) is 4.79 Å². The summed E-state index contributed by atoms with van der Waals surface area (Å²) in [5, 5.41) is 2.92. The number of amides is 1. The molecule has 1 atom stereocenters. The molecule has 1 aliphatic rings. The predicted molar refractivity (Wildman–Crippen MR) is 97.2 cm³/mol. The van der Waals surface area contributed by atoms with Crippen molar-refractivity contribution < 1.29 is 9.53 Å². The fourth-order valence-electron chi connectivity index (χ4n) is 2.66. The van der Waals surface area contributed by atoms with Gasteiger partial charge in [0.25, 0.3) is 5.91 Å². The first-order chi connectivity index (χ1) is 11.6. The molecule has 24 heavy (non-hydrogen) atoms. The van der Waals surface area contributed by atoms with E-state index in [9.17, 15) is 4.79 Å². The summed E-state index contributed by atoms with van der Waals surface area (Å²) in [7, 11) is 0. The van der Waals surface area contributed by atoms with Crippen LogP contribution in [0.15, 0.2) is 47.1 Å². The average molecular weight is 390 g/mol. The Bertz CT molecular complexity index is 706. The van der Waals surface area contributed by atoms with E-state index in [1.807, 2.05) is 36.5 Å². The first-order valence-electron chi connectivity index (χ1n) is 7.97. The Morgan fingerprint density at radius 1 is 1.38 bits per heavy atom. The Labute approximate surface area is 150 Å². The number of ether oxygens (including phenoxy) is 1. The van der Waals surface area contributed by atoms with Gasteiger partial charge in [0, 0.05) is 30.3 Å². The van der Waals surface area contributed by atoms with Crippen LogP contribution in [-0.4, -0.2) is 36.7 Å². The first-order valence-corrected chi connectivity index (χ1v) is 8.77. The van der Waals surface area contributed by atoms with Crippen molar-refractivity contribution in [1.82, 2.24) is 10.3 Å². The summed E-state index contributed by atoms with van der Waals surface area (Å²) in [5.41, 5.74) is 1.60. The van der Waals surface area contributed by atoms with Crippen LogP contribution in [0.25, 0.3) is 0 Å². The van der Waals surface area contributed by atoms with Crippen molar-refractivity contribution in [1.29, 1.82) is 0 Å². The van der Waals surface area contributed by atoms with Crippen molar-refractivity contribution in [2.24, 2.45) is 0 Å². The third kappa shape index (κ3) is 4.13. The Hall–Kier alpha value is -1.92. The van der Waals surface area contributed by atoms with Gasteiger partial charge >= 0.3 is 0 Å². The lowest BCUT2D eigenvalue weighted by atomic mass is 10.2. The predicted octanol–water partition coefficient (Wildman–Crippen LogP) is 3.00. The van der Waals surface area contributed by atoms with Crippen LogP contribution < -0.4 is 10.2 Å². The molecule has 1 aromatic carbocycles. The van der Waals surface area contributed by atoms with Gasteiger partial charge in [0.1, 0.15) is 5.82 Å². The lowest BCUT2D eigenvalue weighted by Gasteiger charge is -2.32. The lowest BCUT2D eigenvalue weighted by Crippen LogP contribution is -2.41. The summed E-state index contributed by atoms with van der Waals surface area (Å²) in [6.45, 7) is 4.96. The molecule has 1 aromatic heterocycles. The Morgan fingerprint density at radius 3 is 2.92 bits per heavy atom. The minimum absolute atomic E-state index is 0.103. The molecule has 1 fully saturated rings. The Kier molecular flexibility index (Phi) is 5.48. The second kappa shape index (κ2) is 7.77. The number of halogens is 1. The van der Waals surface area contributed by atoms with Gasteiger partial charge in [0.2, 0.25) is 0 Å². The first kappa shape index (κ1) is 16.9. The highest BCUT2D eigenvalue weighted by Gasteiger charge is 2.17. The van der Waals surface area contributed by atoms with Crippen molar-refractivity contribution in [3.8, 4) is 0 Å². The highest BCUT2D eigenvalue weighted by atomic mass is 79.9. The van der Waals surface area contributed by atoms with E-state index in [4.69, 9.17) is 4.74 Å². The second-order valence-corrected chi connectivity index (χ2v) is 6.67. The molecule has 2 heterocycles. The molecule has 126 valence electrons. The molecule has 1 saturated heterocycles. The van der Waals surface area contributed by atoms with Crippen LogP contribution in [0.1, 0.15) is 22.8 Å². The standard InChI is InChI=1S/C18H20BrN3O2/c1-13-12-22(8-9-24-13)17-7-6-14(10-20-17)11-21-18(23)15-4-2-3-5-16(15)19/h2-7,10,13H,8-9,11-12H2,1H3,(H,21,23)/t13-/m1/s1. The summed E-state index contributed by atoms with van der Waals surface area (Å²) in [6.07, 6.45) is 2.04. The number of hydrogen-bond acceptors (Lipinski definition) is 4. The summed E-state index contributed by atoms with van der Waals surface area (Å²) >= 11 is 3.39. The lowest BCUT2D eigenvalue weighted by molar-refractivity contribution is 0.0529. The van der Waals surface area contributed by atoms with Crippen molar-refractivity contribution in [2.45, 2.75) is 19.6 Å². The molecular weight excluding hydrogens is 370 g/mol. The van der Waals surface area contributed by atoms with Gasteiger partial charge < -0.3 is 15.0 Å². The topological polar surface area (TPSA) is 54.5 Å². The summed E-state index contributed by atoms with van der Waals surface area (Å²) in [4.78, 5) is 18.9. The van der Waals surface area contributed by atoms with E-state index >= 15 is 0 Å². The highest BCUT2D eigenvalue weighted by Crippen LogP contribution is 2.17. The van der Waals surface area contributed by atoms with Crippen LogP contribution >= 0.6 is 15.9 Å². The zero-order chi connectivity index (χ0) is 16.9. The summed E-state index contributed by atoms with van der Waals surface area (Å²) in [5.74, 6) is 0.847. The van der Waals surface area contributed by atoms with Gasteiger partial charge in [-0.15, -0.1) is 0 Å². The molecule has 0 unspecified atom stereocenters. The quantitative estimate of drug-likeness (QED) is 0.872. The number of carbonyl (C=O) groups excluding carboxylic acids is 1. The number of aromatic nitrogens is 1. The zero-order valence-electron chi connectivity index (χ0n) is 13.5. The van der Waals surface area contributed by atoms with Crippen molar-refractivity contribution >= 4 is 27.7 Å². The van der Waals surface area contributed by atoms with E-state index < -0.39 is 0 Å². The van der Waals surface area contributed by atoms with Gasteiger partial charge in [-0.2, -0.15) is 0 Å². The molecule has 1 amide bonds. The van der Waals surface area contributed by atoms with Gasteiger partial charge in [-0.25, -0.2) is 4.98 Å². The SMILES string of the molecule is C[C@@H]1CN(c2ccc(CNC(=O)c3ccccc3Br)cn2)CCO1. The van der Waals surface area contributed by atoms with Crippen LogP contribution in [-0.2, 0) is 11.3 Å². The molecule has 5 nitrogen and oxygen atoms in total. The maximum Gasteiger partial charge on any atom is 0.252 e. The van der Waals surface area contributed by atoms with Crippen LogP contribution in [0.5, 0.6) is 0 Å². The number of hydrogen-bond donors (Lipinski definition) is 1. The molecule has 1 N–H and O–H groups in total. The normalized spacial score (nSPS) is 17.6. The molecule has 0 spiro atoms. The number of anilines is 1. The van der Waals surface area contributed by atoms with Crippen LogP contribution in [0.3, 0.4) is 0 Å². The van der Waals surface area contributed by atoms with E-state index in [2.05, 4.69) is 38.1 Å². The Balaban J connectivity index is 1.58. The van der Waals surface area contributed by atoms with E-state index in [1.165, 1.54) is 0 Å². The molecule has 2 aromatic rings. The van der Waals surface area contributed by atoms with Crippen LogP contribution in [0.2, 0.25) is 0 Å². The largest absolute Gasteiger partial charge is 0.375 e. The number of pyridine rings is 1. The van der Waals surface area contributed by atoms with Crippen LogP contribution in [0.4, 0.5) is 5.82 Å². The van der Waals surface area contributed by atoms with Gasteiger partial charge in [0.05, 0.1) is 18.3 Å². The highest BCUT2D eigenvalue weighted by molar-refractivity contribution is 9.10. The molecule has 0 saturated carbocycles. The number of rotatable bonds is 4. The maximum absolute atomic E-state index is 12.2. The van der Waals surface area contributed by atoms with E-state index in [0.29, 0.717) is 12.1 Å². The van der Waals surface area contributed by atoms with E-state index in [-0.39, 0.29) is 12.0 Å². The summed E-state index contributed by atoms with van der Waals surface area (Å²) < 4.78 is 6.34. The van der Waals surface area contributed by atoms with Crippen LogP contribution in [0, 0.1) is 0 Å². The van der Waals surface area contributed by atoms with Crippen molar-refractivity contribution in [3.05, 3.63) is 58.2 Å². The molecule has 1 aliphatic heterocycles. The average Bonchev–Trinajstić information content (AvgIpc) is 2.60. The zero-order valence-corrected chi connectivity index (χ0v) is 15.1. The fraction of sp³-hybridized carbons (Fsp3) is 0.333. The minimum Gasteiger partial charge on any atom is -0.375 e. The number of morpholine rings is 1. The van der Waals surface area contributed by atoms with Gasteiger partial charge in [-0.05, 0) is 46.6 Å². The second-order valence-electron chi connectivity index (χ2n) is 5.81. The minimum atomic E-state index is -0.103. The molecule has 0 bridgehead atoms. The molecule has 0 radical (unpaired) electrons. The smallest absolute Gasteiger partial charge is 0.252 e. The number of nitrogens with one attached hydrogen (secondary N) is 1. The number of carbonyl (C=O) groups is 1. The third-order valence-corrected chi connectivity index (χ3v) is 4.64. The fourth-order valence-corrected chi connectivity index (χ4v) is 3.12. The van der Waals surface area contributed by atoms with E-state index in [1.54, 1.807) is 6.07 Å². The van der Waals surface area contributed by atoms with Gasteiger partial charge in [-0.1, -0.05) is 18.2 Å². The number of benzene rings is 1. The Morgan fingerprint density at radius 2 is 2.21 bits per heavy atom.